The molecule has 0 aliphatic rings. The van der Waals surface area contributed by atoms with Gasteiger partial charge < -0.3 is 5.32 Å². The lowest BCUT2D eigenvalue weighted by atomic mass is 9.86. The molecule has 0 saturated heterocycles. The first-order valence-corrected chi connectivity index (χ1v) is 8.27. The molecule has 21 heavy (non-hydrogen) atoms. The van der Waals surface area contributed by atoms with E-state index in [4.69, 9.17) is 0 Å². The van der Waals surface area contributed by atoms with Crippen LogP contribution >= 0.6 is 23.1 Å². The van der Waals surface area contributed by atoms with E-state index in [1.165, 1.54) is 5.56 Å². The van der Waals surface area contributed by atoms with E-state index in [1.54, 1.807) is 23.5 Å². The number of nitrogens with zero attached hydrogens (tertiary/aromatic N) is 2. The fourth-order valence-electron chi connectivity index (χ4n) is 2.08. The summed E-state index contributed by atoms with van der Waals surface area (Å²) in [5, 5.41) is 7.19. The molecule has 0 bridgehead atoms. The van der Waals surface area contributed by atoms with Gasteiger partial charge in [0.15, 0.2) is 0 Å². The maximum atomic E-state index is 12.3. The highest BCUT2D eigenvalue weighted by atomic mass is 32.1. The number of carbonyl (C=O) groups excluding carboxylic acids is 1. The number of aromatic nitrogens is 2. The summed E-state index contributed by atoms with van der Waals surface area (Å²) >= 11 is 2.83. The Morgan fingerprint density at radius 3 is 2.81 bits per heavy atom. The molecule has 0 atom stereocenters. The fourth-order valence-corrected chi connectivity index (χ4v) is 3.44. The van der Waals surface area contributed by atoms with E-state index in [2.05, 4.69) is 44.7 Å². The Morgan fingerprint density at radius 2 is 2.05 bits per heavy atom. The zero-order chi connectivity index (χ0) is 14.9. The van der Waals surface area contributed by atoms with Crippen LogP contribution in [0.2, 0.25) is 0 Å². The number of amides is 1. The predicted molar refractivity (Wildman–Crippen MR) is 87.1 cm³/mol. The maximum Gasteiger partial charge on any atom is 0.251 e. The van der Waals surface area contributed by atoms with Gasteiger partial charge in [0.1, 0.15) is 11.0 Å². The summed E-state index contributed by atoms with van der Waals surface area (Å²) in [5.41, 5.74) is 3.38. The third-order valence-corrected chi connectivity index (χ3v) is 4.75. The number of carbonyl (C=O) groups is 1. The van der Waals surface area contributed by atoms with E-state index >= 15 is 0 Å². The Hall–Kier alpha value is -1.79. The SMILES string of the molecule is CC(C)(CNC(=O)c1ccc2nsnc2c1)c1ccsc1. The summed E-state index contributed by atoms with van der Waals surface area (Å²) in [7, 11) is 0. The second kappa shape index (κ2) is 5.54. The highest BCUT2D eigenvalue weighted by molar-refractivity contribution is 7.08. The molecule has 0 radical (unpaired) electrons. The topological polar surface area (TPSA) is 54.9 Å². The quantitative estimate of drug-likeness (QED) is 0.802. The lowest BCUT2D eigenvalue weighted by molar-refractivity contribution is 0.0946. The lowest BCUT2D eigenvalue weighted by Crippen LogP contribution is -2.36. The molecule has 0 spiro atoms. The zero-order valence-corrected chi connectivity index (χ0v) is 13.4. The first-order valence-electron chi connectivity index (χ1n) is 6.59. The number of rotatable bonds is 4. The second-order valence-corrected chi connectivity index (χ2v) is 6.85. The average molecular weight is 317 g/mol. The molecule has 3 aromatic rings. The van der Waals surface area contributed by atoms with Crippen LogP contribution in [-0.4, -0.2) is 21.2 Å². The van der Waals surface area contributed by atoms with Crippen molar-refractivity contribution < 1.29 is 4.79 Å². The van der Waals surface area contributed by atoms with Crippen molar-refractivity contribution in [2.24, 2.45) is 0 Å². The standard InChI is InChI=1S/C15H15N3OS2/c1-15(2,11-5-6-20-8-11)9-16-14(19)10-3-4-12-13(7-10)18-21-17-12/h3-8H,9H2,1-2H3,(H,16,19). The Labute approximate surface area is 131 Å². The molecule has 1 N–H and O–H groups in total. The number of hydrogen-bond donors (Lipinski definition) is 1. The third-order valence-electron chi connectivity index (χ3n) is 3.51. The second-order valence-electron chi connectivity index (χ2n) is 5.55. The van der Waals surface area contributed by atoms with Gasteiger partial charge in [-0.15, -0.1) is 0 Å². The molecule has 0 saturated carbocycles. The molecular weight excluding hydrogens is 302 g/mol. The van der Waals surface area contributed by atoms with E-state index in [1.807, 2.05) is 6.07 Å². The minimum absolute atomic E-state index is 0.0757. The smallest absolute Gasteiger partial charge is 0.251 e. The van der Waals surface area contributed by atoms with Crippen molar-refractivity contribution in [3.05, 3.63) is 46.2 Å². The van der Waals surface area contributed by atoms with Crippen LogP contribution in [0.15, 0.2) is 35.0 Å². The number of benzene rings is 1. The molecular formula is C15H15N3OS2. The molecule has 4 nitrogen and oxygen atoms in total. The van der Waals surface area contributed by atoms with E-state index in [-0.39, 0.29) is 11.3 Å². The van der Waals surface area contributed by atoms with Gasteiger partial charge in [0.2, 0.25) is 0 Å². The Morgan fingerprint density at radius 1 is 1.24 bits per heavy atom. The molecule has 108 valence electrons. The number of fused-ring (bicyclic) bond motifs is 1. The van der Waals surface area contributed by atoms with E-state index in [9.17, 15) is 4.79 Å². The van der Waals surface area contributed by atoms with Crippen LogP contribution in [0.1, 0.15) is 29.8 Å². The van der Waals surface area contributed by atoms with Crippen molar-refractivity contribution >= 4 is 40.0 Å². The van der Waals surface area contributed by atoms with Crippen LogP contribution < -0.4 is 5.32 Å². The van der Waals surface area contributed by atoms with Crippen LogP contribution in [0.5, 0.6) is 0 Å². The lowest BCUT2D eigenvalue weighted by Gasteiger charge is -2.24. The average Bonchev–Trinajstić information content (AvgIpc) is 3.14. The largest absolute Gasteiger partial charge is 0.351 e. The van der Waals surface area contributed by atoms with Gasteiger partial charge in [0, 0.05) is 17.5 Å². The third kappa shape index (κ3) is 2.96. The molecule has 1 amide bonds. The van der Waals surface area contributed by atoms with Crippen LogP contribution in [0.25, 0.3) is 11.0 Å². The summed E-state index contributed by atoms with van der Waals surface area (Å²) in [6.07, 6.45) is 0. The summed E-state index contributed by atoms with van der Waals surface area (Å²) in [6.45, 7) is 4.85. The zero-order valence-electron chi connectivity index (χ0n) is 11.8. The van der Waals surface area contributed by atoms with Crippen molar-refractivity contribution in [2.75, 3.05) is 6.54 Å². The van der Waals surface area contributed by atoms with Gasteiger partial charge in [0.05, 0.1) is 11.7 Å². The van der Waals surface area contributed by atoms with Gasteiger partial charge in [-0.1, -0.05) is 13.8 Å². The van der Waals surface area contributed by atoms with Gasteiger partial charge in [-0.3, -0.25) is 4.79 Å². The summed E-state index contributed by atoms with van der Waals surface area (Å²) in [4.78, 5) is 12.3. The van der Waals surface area contributed by atoms with Gasteiger partial charge in [0.25, 0.3) is 5.91 Å². The van der Waals surface area contributed by atoms with Crippen molar-refractivity contribution in [1.29, 1.82) is 0 Å². The number of thiophene rings is 1. The molecule has 0 aliphatic heterocycles. The van der Waals surface area contributed by atoms with Gasteiger partial charge in [-0.2, -0.15) is 20.1 Å². The van der Waals surface area contributed by atoms with Gasteiger partial charge in [-0.05, 0) is 40.6 Å². The van der Waals surface area contributed by atoms with Crippen molar-refractivity contribution in [3.63, 3.8) is 0 Å². The minimum Gasteiger partial charge on any atom is -0.351 e. The Kier molecular flexibility index (Phi) is 3.73. The summed E-state index contributed by atoms with van der Waals surface area (Å²) in [5.74, 6) is -0.0757. The van der Waals surface area contributed by atoms with Crippen LogP contribution in [0, 0.1) is 0 Å². The Bertz CT molecular complexity index is 762. The predicted octanol–water partition coefficient (Wildman–Crippen LogP) is 3.46. The molecule has 0 fully saturated rings. The monoisotopic (exact) mass is 317 g/mol. The first kappa shape index (κ1) is 14.2. The van der Waals surface area contributed by atoms with E-state index in [0.29, 0.717) is 12.1 Å². The van der Waals surface area contributed by atoms with Gasteiger partial charge in [-0.25, -0.2) is 0 Å². The Balaban J connectivity index is 1.71. The number of nitrogens with one attached hydrogen (secondary N) is 1. The normalized spacial score (nSPS) is 11.7. The summed E-state index contributed by atoms with van der Waals surface area (Å²) < 4.78 is 8.30. The molecule has 2 heterocycles. The maximum absolute atomic E-state index is 12.3. The highest BCUT2D eigenvalue weighted by Gasteiger charge is 2.22. The first-order chi connectivity index (χ1) is 10.1. The summed E-state index contributed by atoms with van der Waals surface area (Å²) in [6, 6.07) is 7.50. The highest BCUT2D eigenvalue weighted by Crippen LogP contribution is 2.24. The van der Waals surface area contributed by atoms with Crippen LogP contribution in [0.4, 0.5) is 0 Å². The van der Waals surface area contributed by atoms with Crippen LogP contribution in [0.3, 0.4) is 0 Å². The van der Waals surface area contributed by atoms with Gasteiger partial charge >= 0.3 is 0 Å². The van der Waals surface area contributed by atoms with Crippen molar-refractivity contribution in [3.8, 4) is 0 Å². The fraction of sp³-hybridized carbons (Fsp3) is 0.267. The van der Waals surface area contributed by atoms with E-state index < -0.39 is 0 Å². The van der Waals surface area contributed by atoms with E-state index in [0.717, 1.165) is 22.8 Å². The molecule has 3 rings (SSSR count). The van der Waals surface area contributed by atoms with Crippen molar-refractivity contribution in [1.82, 2.24) is 14.1 Å². The minimum atomic E-state index is -0.0814. The van der Waals surface area contributed by atoms with Crippen LogP contribution in [-0.2, 0) is 5.41 Å². The molecule has 1 aromatic carbocycles. The molecule has 2 aromatic heterocycles. The molecule has 0 aliphatic carbocycles. The molecule has 6 heteroatoms. The number of hydrogen-bond acceptors (Lipinski definition) is 5. The molecule has 0 unspecified atom stereocenters. The van der Waals surface area contributed by atoms with Crippen molar-refractivity contribution in [2.45, 2.75) is 19.3 Å².